The van der Waals surface area contributed by atoms with Crippen LogP contribution in [0.25, 0.3) is 21.1 Å². The van der Waals surface area contributed by atoms with Crippen LogP contribution in [0.4, 0.5) is 5.13 Å². The zero-order valence-electron chi connectivity index (χ0n) is 15.7. The molecule has 0 saturated carbocycles. The molecule has 0 fully saturated rings. The molecule has 1 amide bonds. The SMILES string of the molecule is O=C(CCCCCn1c(=O)[nH]c2ccccc2c1=O)Nc1nc2ccccc2s1. The van der Waals surface area contributed by atoms with E-state index < -0.39 is 5.69 Å². The highest BCUT2D eigenvalue weighted by atomic mass is 32.1. The first-order chi connectivity index (χ1) is 14.1. The number of aromatic nitrogens is 3. The Morgan fingerprint density at radius 1 is 1.03 bits per heavy atom. The highest BCUT2D eigenvalue weighted by Crippen LogP contribution is 2.25. The van der Waals surface area contributed by atoms with Crippen LogP contribution in [0.2, 0.25) is 0 Å². The summed E-state index contributed by atoms with van der Waals surface area (Å²) < 4.78 is 2.26. The summed E-state index contributed by atoms with van der Waals surface area (Å²) in [4.78, 5) is 43.9. The fraction of sp³-hybridized carbons (Fsp3) is 0.238. The molecule has 2 aromatic heterocycles. The van der Waals surface area contributed by atoms with Crippen molar-refractivity contribution < 1.29 is 4.79 Å². The third kappa shape index (κ3) is 4.27. The van der Waals surface area contributed by atoms with E-state index in [1.54, 1.807) is 24.3 Å². The largest absolute Gasteiger partial charge is 0.328 e. The lowest BCUT2D eigenvalue weighted by Crippen LogP contribution is -2.35. The Labute approximate surface area is 170 Å². The third-order valence-electron chi connectivity index (χ3n) is 4.72. The molecule has 2 N–H and O–H groups in total. The Morgan fingerprint density at radius 3 is 2.69 bits per heavy atom. The number of nitrogens with zero attached hydrogens (tertiary/aromatic N) is 2. The number of fused-ring (bicyclic) bond motifs is 2. The first kappa shape index (κ1) is 19.1. The van der Waals surface area contributed by atoms with Crippen LogP contribution < -0.4 is 16.6 Å². The molecule has 0 aliphatic carbocycles. The van der Waals surface area contributed by atoms with E-state index in [2.05, 4.69) is 15.3 Å². The molecule has 4 aromatic rings. The van der Waals surface area contributed by atoms with Gasteiger partial charge in [-0.1, -0.05) is 42.0 Å². The quantitative estimate of drug-likeness (QED) is 0.458. The Morgan fingerprint density at radius 2 is 1.83 bits per heavy atom. The number of H-pyrrole nitrogens is 1. The number of amides is 1. The fourth-order valence-corrected chi connectivity index (χ4v) is 4.12. The minimum atomic E-state index is -0.401. The van der Waals surface area contributed by atoms with E-state index in [-0.39, 0.29) is 11.5 Å². The monoisotopic (exact) mass is 408 g/mol. The molecule has 8 heteroatoms. The molecule has 0 aliphatic rings. The zero-order chi connectivity index (χ0) is 20.2. The maximum Gasteiger partial charge on any atom is 0.328 e. The van der Waals surface area contributed by atoms with Crippen LogP contribution in [0.1, 0.15) is 25.7 Å². The Bertz CT molecular complexity index is 1260. The highest BCUT2D eigenvalue weighted by molar-refractivity contribution is 7.22. The van der Waals surface area contributed by atoms with E-state index in [1.165, 1.54) is 15.9 Å². The Kier molecular flexibility index (Phi) is 5.53. The lowest BCUT2D eigenvalue weighted by Gasteiger charge is -2.06. The lowest BCUT2D eigenvalue weighted by atomic mass is 10.2. The average molecular weight is 408 g/mol. The van der Waals surface area contributed by atoms with Crippen molar-refractivity contribution in [3.63, 3.8) is 0 Å². The standard InChI is InChI=1S/C21H20N4O3S/c26-18(24-20-22-16-10-5-6-11-17(16)29-20)12-2-1-7-13-25-19(27)14-8-3-4-9-15(14)23-21(25)28/h3-6,8-11H,1-2,7,12-13H2,(H,23,28)(H,22,24,26). The van der Waals surface area contributed by atoms with Gasteiger partial charge in [-0.05, 0) is 37.1 Å². The van der Waals surface area contributed by atoms with E-state index >= 15 is 0 Å². The van der Waals surface area contributed by atoms with Crippen LogP contribution in [0.15, 0.2) is 58.1 Å². The minimum absolute atomic E-state index is 0.0789. The van der Waals surface area contributed by atoms with Gasteiger partial charge in [0.05, 0.1) is 21.1 Å². The van der Waals surface area contributed by atoms with Gasteiger partial charge < -0.3 is 10.3 Å². The molecule has 0 bridgehead atoms. The van der Waals surface area contributed by atoms with Gasteiger partial charge >= 0.3 is 5.69 Å². The van der Waals surface area contributed by atoms with Crippen molar-refractivity contribution in [2.75, 3.05) is 5.32 Å². The van der Waals surface area contributed by atoms with Crippen LogP contribution in [0.5, 0.6) is 0 Å². The van der Waals surface area contributed by atoms with Crippen LogP contribution in [0, 0.1) is 0 Å². The van der Waals surface area contributed by atoms with Gasteiger partial charge in [-0.2, -0.15) is 0 Å². The molecule has 0 saturated heterocycles. The number of carbonyl (C=O) groups excluding carboxylic acids is 1. The van der Waals surface area contributed by atoms with Crippen molar-refractivity contribution >= 4 is 43.5 Å². The maximum atomic E-state index is 12.5. The van der Waals surface area contributed by atoms with Crippen molar-refractivity contribution in [2.24, 2.45) is 0 Å². The molecule has 0 aliphatic heterocycles. The molecular formula is C21H20N4O3S. The van der Waals surface area contributed by atoms with Gasteiger partial charge in [0.25, 0.3) is 5.56 Å². The van der Waals surface area contributed by atoms with Gasteiger partial charge in [-0.15, -0.1) is 0 Å². The number of carbonyl (C=O) groups is 1. The summed E-state index contributed by atoms with van der Waals surface area (Å²) in [6.45, 7) is 0.332. The maximum absolute atomic E-state index is 12.5. The molecular weight excluding hydrogens is 388 g/mol. The highest BCUT2D eigenvalue weighted by Gasteiger charge is 2.09. The van der Waals surface area contributed by atoms with Crippen molar-refractivity contribution in [2.45, 2.75) is 32.2 Å². The van der Waals surface area contributed by atoms with Crippen LogP contribution in [0.3, 0.4) is 0 Å². The van der Waals surface area contributed by atoms with E-state index in [1.807, 2.05) is 24.3 Å². The number of thiazole rings is 1. The van der Waals surface area contributed by atoms with Crippen LogP contribution in [-0.4, -0.2) is 20.4 Å². The number of rotatable bonds is 7. The second-order valence-electron chi connectivity index (χ2n) is 6.78. The number of hydrogen-bond acceptors (Lipinski definition) is 5. The number of nitrogens with one attached hydrogen (secondary N) is 2. The molecule has 29 heavy (non-hydrogen) atoms. The van der Waals surface area contributed by atoms with Gasteiger partial charge in [0.2, 0.25) is 5.91 Å². The minimum Gasteiger partial charge on any atom is -0.307 e. The topological polar surface area (TPSA) is 96.9 Å². The molecule has 2 heterocycles. The first-order valence-corrected chi connectivity index (χ1v) is 10.3. The smallest absolute Gasteiger partial charge is 0.307 e. The summed E-state index contributed by atoms with van der Waals surface area (Å²) >= 11 is 1.45. The summed E-state index contributed by atoms with van der Waals surface area (Å²) in [5, 5.41) is 3.94. The third-order valence-corrected chi connectivity index (χ3v) is 5.67. The van der Waals surface area contributed by atoms with Crippen molar-refractivity contribution in [3.05, 3.63) is 69.4 Å². The van der Waals surface area contributed by atoms with E-state index in [0.717, 1.165) is 16.6 Å². The second-order valence-corrected chi connectivity index (χ2v) is 7.81. The second kappa shape index (κ2) is 8.40. The summed E-state index contributed by atoms with van der Waals surface area (Å²) in [5.41, 5.74) is 0.740. The molecule has 2 aromatic carbocycles. The van der Waals surface area contributed by atoms with Gasteiger partial charge in [-0.3, -0.25) is 14.2 Å². The normalized spacial score (nSPS) is 11.2. The van der Waals surface area contributed by atoms with Gasteiger partial charge in [0.15, 0.2) is 5.13 Å². The fourth-order valence-electron chi connectivity index (χ4n) is 3.24. The van der Waals surface area contributed by atoms with E-state index in [9.17, 15) is 14.4 Å². The Hall–Kier alpha value is -3.26. The number of para-hydroxylation sites is 2. The van der Waals surface area contributed by atoms with E-state index in [4.69, 9.17) is 0 Å². The zero-order valence-corrected chi connectivity index (χ0v) is 16.5. The van der Waals surface area contributed by atoms with Gasteiger partial charge in [-0.25, -0.2) is 9.78 Å². The van der Waals surface area contributed by atoms with E-state index in [0.29, 0.717) is 41.8 Å². The Balaban J connectivity index is 1.28. The summed E-state index contributed by atoms with van der Waals surface area (Å²) in [6, 6.07) is 14.7. The number of hydrogen-bond donors (Lipinski definition) is 2. The van der Waals surface area contributed by atoms with Crippen molar-refractivity contribution in [3.8, 4) is 0 Å². The number of benzene rings is 2. The predicted octanol–water partition coefficient (Wildman–Crippen LogP) is 3.50. The lowest BCUT2D eigenvalue weighted by molar-refractivity contribution is -0.116. The summed E-state index contributed by atoms with van der Waals surface area (Å²) in [7, 11) is 0. The first-order valence-electron chi connectivity index (χ1n) is 9.49. The van der Waals surface area contributed by atoms with Crippen LogP contribution in [-0.2, 0) is 11.3 Å². The van der Waals surface area contributed by atoms with Gasteiger partial charge in [0, 0.05) is 13.0 Å². The molecule has 0 atom stereocenters. The molecule has 0 unspecified atom stereocenters. The van der Waals surface area contributed by atoms with Crippen molar-refractivity contribution in [1.29, 1.82) is 0 Å². The van der Waals surface area contributed by atoms with Crippen LogP contribution >= 0.6 is 11.3 Å². The predicted molar refractivity (Wildman–Crippen MR) is 116 cm³/mol. The molecule has 4 rings (SSSR count). The molecule has 148 valence electrons. The average Bonchev–Trinajstić information content (AvgIpc) is 3.12. The number of aromatic amines is 1. The molecule has 0 spiro atoms. The molecule has 7 nitrogen and oxygen atoms in total. The molecule has 0 radical (unpaired) electrons. The van der Waals surface area contributed by atoms with Gasteiger partial charge in [0.1, 0.15) is 0 Å². The van der Waals surface area contributed by atoms with Crippen molar-refractivity contribution in [1.82, 2.24) is 14.5 Å². The summed E-state index contributed by atoms with van der Waals surface area (Å²) in [5.74, 6) is -0.0789. The summed E-state index contributed by atoms with van der Waals surface area (Å²) in [6.07, 6.45) is 2.44. The number of unbranched alkanes of at least 4 members (excludes halogenated alkanes) is 2. The number of anilines is 1.